The Labute approximate surface area is 126 Å². The first-order chi connectivity index (χ1) is 10.3. The number of hydrogen-bond donors (Lipinski definition) is 1. The molecule has 1 aliphatic heterocycles. The maximum atomic E-state index is 11.3. The molecule has 21 heavy (non-hydrogen) atoms. The molecule has 2 rings (SSSR count). The Bertz CT molecular complexity index is 514. The summed E-state index contributed by atoms with van der Waals surface area (Å²) < 4.78 is 4.91. The van der Waals surface area contributed by atoms with Gasteiger partial charge < -0.3 is 15.0 Å². The van der Waals surface area contributed by atoms with Gasteiger partial charge in [-0.25, -0.2) is 0 Å². The van der Waals surface area contributed by atoms with Crippen LogP contribution in [-0.2, 0) is 16.0 Å². The van der Waals surface area contributed by atoms with Crippen LogP contribution in [0.4, 0.5) is 5.69 Å². The molecule has 0 spiro atoms. The number of ether oxygens (including phenoxy) is 1. The van der Waals surface area contributed by atoms with E-state index in [1.807, 2.05) is 13.0 Å². The first kappa shape index (κ1) is 15.4. The van der Waals surface area contributed by atoms with Crippen molar-refractivity contribution >= 4 is 17.6 Å². The molecule has 0 amide bonds. The third-order valence-electron chi connectivity index (χ3n) is 3.50. The number of fused-ring (bicyclic) bond motifs is 1. The summed E-state index contributed by atoms with van der Waals surface area (Å²) in [6.45, 7) is 3.92. The van der Waals surface area contributed by atoms with Gasteiger partial charge >= 0.3 is 5.97 Å². The Morgan fingerprint density at radius 2 is 2.24 bits per heavy atom. The lowest BCUT2D eigenvalue weighted by Crippen LogP contribution is -2.41. The summed E-state index contributed by atoms with van der Waals surface area (Å²) in [5, 5.41) is 3.32. The lowest BCUT2D eigenvalue weighted by Gasteiger charge is -2.22. The fraction of sp³-hybridized carbons (Fsp3) is 0.500. The van der Waals surface area contributed by atoms with Crippen LogP contribution in [0, 0.1) is 0 Å². The fourth-order valence-electron chi connectivity index (χ4n) is 2.52. The largest absolute Gasteiger partial charge is 0.466 e. The smallest absolute Gasteiger partial charge is 0.305 e. The molecule has 0 saturated carbocycles. The Morgan fingerprint density at radius 3 is 3.00 bits per heavy atom. The molecule has 5 nitrogen and oxygen atoms in total. The van der Waals surface area contributed by atoms with Gasteiger partial charge in [0.1, 0.15) is 0 Å². The van der Waals surface area contributed by atoms with E-state index in [-0.39, 0.29) is 5.97 Å². The zero-order valence-electron chi connectivity index (χ0n) is 12.8. The number of rotatable bonds is 5. The van der Waals surface area contributed by atoms with Crippen LogP contribution in [0.15, 0.2) is 29.3 Å². The van der Waals surface area contributed by atoms with E-state index in [1.54, 1.807) is 7.05 Å². The van der Waals surface area contributed by atoms with Crippen molar-refractivity contribution in [2.24, 2.45) is 4.99 Å². The van der Waals surface area contributed by atoms with Gasteiger partial charge in [0.15, 0.2) is 5.96 Å². The molecule has 0 unspecified atom stereocenters. The number of anilines is 1. The summed E-state index contributed by atoms with van der Waals surface area (Å²) in [6.07, 6.45) is 2.22. The number of nitrogens with one attached hydrogen (secondary N) is 1. The number of carbonyl (C=O) groups excluding carboxylic acids is 1. The van der Waals surface area contributed by atoms with Gasteiger partial charge in [-0.05, 0) is 31.4 Å². The molecule has 0 radical (unpaired) electrons. The van der Waals surface area contributed by atoms with E-state index in [9.17, 15) is 4.79 Å². The number of hydrogen-bond acceptors (Lipinski definition) is 3. The minimum atomic E-state index is -0.138. The SMILES string of the molecule is CCOC(=O)CCCNC(=NC)N1CCc2ccccc21. The van der Waals surface area contributed by atoms with E-state index in [1.165, 1.54) is 11.3 Å². The number of esters is 1. The van der Waals surface area contributed by atoms with Crippen molar-refractivity contribution in [1.82, 2.24) is 5.32 Å². The van der Waals surface area contributed by atoms with Crippen molar-refractivity contribution in [3.63, 3.8) is 0 Å². The van der Waals surface area contributed by atoms with E-state index in [4.69, 9.17) is 4.74 Å². The molecular formula is C16H23N3O2. The summed E-state index contributed by atoms with van der Waals surface area (Å²) >= 11 is 0. The quantitative estimate of drug-likeness (QED) is 0.390. The highest BCUT2D eigenvalue weighted by molar-refractivity contribution is 5.97. The molecule has 114 valence electrons. The molecule has 1 aliphatic rings. The highest BCUT2D eigenvalue weighted by Crippen LogP contribution is 2.27. The van der Waals surface area contributed by atoms with E-state index in [0.29, 0.717) is 19.6 Å². The minimum Gasteiger partial charge on any atom is -0.466 e. The minimum absolute atomic E-state index is 0.138. The highest BCUT2D eigenvalue weighted by atomic mass is 16.5. The number of guanidine groups is 1. The number of para-hydroxylation sites is 1. The fourth-order valence-corrected chi connectivity index (χ4v) is 2.52. The summed E-state index contributed by atoms with van der Waals surface area (Å²) in [5.41, 5.74) is 2.57. The molecule has 0 aromatic heterocycles. The van der Waals surface area contributed by atoms with E-state index in [0.717, 1.165) is 25.3 Å². The van der Waals surface area contributed by atoms with Gasteiger partial charge in [-0.15, -0.1) is 0 Å². The van der Waals surface area contributed by atoms with Crippen LogP contribution in [0.1, 0.15) is 25.3 Å². The van der Waals surface area contributed by atoms with Crippen molar-refractivity contribution < 1.29 is 9.53 Å². The number of carbonyl (C=O) groups is 1. The molecule has 0 bridgehead atoms. The number of nitrogens with zero attached hydrogens (tertiary/aromatic N) is 2. The number of aliphatic imine (C=N–C) groups is 1. The Hall–Kier alpha value is -2.04. The van der Waals surface area contributed by atoms with Crippen LogP contribution in [0.5, 0.6) is 0 Å². The normalized spacial score (nSPS) is 14.0. The Balaban J connectivity index is 1.84. The van der Waals surface area contributed by atoms with Crippen molar-refractivity contribution in [2.45, 2.75) is 26.2 Å². The zero-order valence-corrected chi connectivity index (χ0v) is 12.8. The standard InChI is InChI=1S/C16H23N3O2/c1-3-21-15(20)9-6-11-18-16(17-2)19-12-10-13-7-4-5-8-14(13)19/h4-5,7-8H,3,6,9-12H2,1-2H3,(H,17,18). The lowest BCUT2D eigenvalue weighted by atomic mass is 10.2. The third-order valence-corrected chi connectivity index (χ3v) is 3.50. The van der Waals surface area contributed by atoms with Gasteiger partial charge in [-0.1, -0.05) is 18.2 Å². The van der Waals surface area contributed by atoms with Gasteiger partial charge in [0.2, 0.25) is 0 Å². The van der Waals surface area contributed by atoms with Crippen molar-refractivity contribution in [3.05, 3.63) is 29.8 Å². The summed E-state index contributed by atoms with van der Waals surface area (Å²) in [5.74, 6) is 0.726. The second-order valence-corrected chi connectivity index (χ2v) is 4.91. The average Bonchev–Trinajstić information content (AvgIpc) is 2.92. The molecule has 0 atom stereocenters. The lowest BCUT2D eigenvalue weighted by molar-refractivity contribution is -0.143. The van der Waals surface area contributed by atoms with Crippen LogP contribution in [0.3, 0.4) is 0 Å². The Morgan fingerprint density at radius 1 is 1.43 bits per heavy atom. The van der Waals surface area contributed by atoms with E-state index < -0.39 is 0 Å². The molecule has 1 heterocycles. The zero-order chi connectivity index (χ0) is 15.1. The predicted octanol–water partition coefficient (Wildman–Crippen LogP) is 1.97. The van der Waals surface area contributed by atoms with E-state index in [2.05, 4.69) is 33.4 Å². The van der Waals surface area contributed by atoms with Gasteiger partial charge in [-0.2, -0.15) is 0 Å². The van der Waals surface area contributed by atoms with Crippen LogP contribution in [0.2, 0.25) is 0 Å². The van der Waals surface area contributed by atoms with Gasteiger partial charge in [0.25, 0.3) is 0 Å². The molecular weight excluding hydrogens is 266 g/mol. The van der Waals surface area contributed by atoms with Gasteiger partial charge in [0, 0.05) is 32.2 Å². The van der Waals surface area contributed by atoms with Crippen LogP contribution in [0.25, 0.3) is 0 Å². The molecule has 0 saturated heterocycles. The van der Waals surface area contributed by atoms with Crippen LogP contribution in [-0.4, -0.2) is 38.7 Å². The van der Waals surface area contributed by atoms with Gasteiger partial charge in [0.05, 0.1) is 6.61 Å². The molecule has 0 fully saturated rings. The first-order valence-electron chi connectivity index (χ1n) is 7.48. The Kier molecular flexibility index (Phi) is 5.60. The van der Waals surface area contributed by atoms with E-state index >= 15 is 0 Å². The summed E-state index contributed by atoms with van der Waals surface area (Å²) in [4.78, 5) is 17.8. The second kappa shape index (κ2) is 7.67. The molecule has 5 heteroatoms. The molecule has 1 aromatic carbocycles. The van der Waals surface area contributed by atoms with Crippen molar-refractivity contribution in [1.29, 1.82) is 0 Å². The molecule has 0 aliphatic carbocycles. The third kappa shape index (κ3) is 3.97. The molecule has 1 N–H and O–H groups in total. The van der Waals surface area contributed by atoms with Gasteiger partial charge in [-0.3, -0.25) is 9.79 Å². The van der Waals surface area contributed by atoms with Crippen LogP contribution < -0.4 is 10.2 Å². The average molecular weight is 289 g/mol. The van der Waals surface area contributed by atoms with Crippen molar-refractivity contribution in [3.8, 4) is 0 Å². The maximum Gasteiger partial charge on any atom is 0.305 e. The number of benzene rings is 1. The summed E-state index contributed by atoms with van der Waals surface area (Å²) in [7, 11) is 1.79. The van der Waals surface area contributed by atoms with Crippen LogP contribution >= 0.6 is 0 Å². The maximum absolute atomic E-state index is 11.3. The first-order valence-corrected chi connectivity index (χ1v) is 7.48. The summed E-state index contributed by atoms with van der Waals surface area (Å²) in [6, 6.07) is 8.39. The highest BCUT2D eigenvalue weighted by Gasteiger charge is 2.21. The monoisotopic (exact) mass is 289 g/mol. The predicted molar refractivity (Wildman–Crippen MR) is 84.7 cm³/mol. The molecule has 1 aromatic rings. The second-order valence-electron chi connectivity index (χ2n) is 4.91. The topological polar surface area (TPSA) is 53.9 Å². The van der Waals surface area contributed by atoms with Crippen molar-refractivity contribution in [2.75, 3.05) is 31.6 Å².